The van der Waals surface area contributed by atoms with E-state index in [0.717, 1.165) is 0 Å². The Labute approximate surface area is 79.5 Å². The molecule has 3 heteroatoms. The van der Waals surface area contributed by atoms with Gasteiger partial charge in [-0.3, -0.25) is 0 Å². The number of halogens is 3. The van der Waals surface area contributed by atoms with Crippen molar-refractivity contribution < 1.29 is 13.2 Å². The Morgan fingerprint density at radius 3 is 1.15 bits per heavy atom. The molecule has 0 heterocycles. The molecule has 0 saturated heterocycles. The lowest BCUT2D eigenvalue weighted by Crippen LogP contribution is -2.01. The van der Waals surface area contributed by atoms with Gasteiger partial charge in [0.25, 0.3) is 0 Å². The van der Waals surface area contributed by atoms with Crippen molar-refractivity contribution in [3.8, 4) is 0 Å². The molecule has 0 N–H and O–H groups in total. The number of hydrogen-bond acceptors (Lipinski definition) is 0. The van der Waals surface area contributed by atoms with Crippen LogP contribution in [0.4, 0.5) is 13.2 Å². The van der Waals surface area contributed by atoms with Crippen LogP contribution in [-0.4, -0.2) is 12.6 Å². The molecule has 13 heavy (non-hydrogen) atoms. The highest BCUT2D eigenvalue weighted by molar-refractivity contribution is 4.49. The molecule has 0 spiro atoms. The van der Waals surface area contributed by atoms with Crippen LogP contribution in [0, 0.1) is 11.8 Å². The molecule has 0 rings (SSSR count). The molecule has 0 radical (unpaired) electrons. The van der Waals surface area contributed by atoms with Crippen molar-refractivity contribution in [2.75, 3.05) is 0 Å². The average Bonchev–Trinajstić information content (AvgIpc) is 1.84. The van der Waals surface area contributed by atoms with E-state index in [1.54, 1.807) is 20.8 Å². The molecule has 0 amide bonds. The van der Waals surface area contributed by atoms with E-state index >= 15 is 0 Å². The maximum absolute atomic E-state index is 11.8. The molecule has 0 aliphatic heterocycles. The van der Waals surface area contributed by atoms with Gasteiger partial charge in [0.1, 0.15) is 0 Å². The van der Waals surface area contributed by atoms with Gasteiger partial charge in [0.2, 0.25) is 6.43 Å². The van der Waals surface area contributed by atoms with Crippen LogP contribution in [0.25, 0.3) is 0 Å². The van der Waals surface area contributed by atoms with Gasteiger partial charge in [-0.2, -0.15) is 0 Å². The van der Waals surface area contributed by atoms with Crippen molar-refractivity contribution in [3.63, 3.8) is 0 Å². The summed E-state index contributed by atoms with van der Waals surface area (Å²) >= 11 is 0. The van der Waals surface area contributed by atoms with E-state index in [9.17, 15) is 13.2 Å². The summed E-state index contributed by atoms with van der Waals surface area (Å²) in [6, 6.07) is 0. The molecule has 0 aliphatic carbocycles. The van der Waals surface area contributed by atoms with Crippen LogP contribution < -0.4 is 0 Å². The first-order chi connectivity index (χ1) is 5.77. The SMILES string of the molecule is CC(C)C(C)F.CC(C)CC(F)F. The Kier molecular flexibility index (Phi) is 9.86. The third-order valence-corrected chi connectivity index (χ3v) is 1.57. The van der Waals surface area contributed by atoms with Gasteiger partial charge in [0, 0.05) is 6.42 Å². The highest BCUT2D eigenvalue weighted by Gasteiger charge is 2.03. The minimum Gasteiger partial charge on any atom is -0.248 e. The standard InChI is InChI=1S/C5H10F2.C5H11F/c1-4(2)3-5(6)7;1-4(2)5(3)6/h4-5H,3H2,1-2H3;4-5H,1-3H3. The lowest BCUT2D eigenvalue weighted by atomic mass is 10.1. The summed E-state index contributed by atoms with van der Waals surface area (Å²) in [5.74, 6) is 0.310. The van der Waals surface area contributed by atoms with Crippen molar-refractivity contribution in [2.45, 2.75) is 53.6 Å². The van der Waals surface area contributed by atoms with E-state index < -0.39 is 12.6 Å². The minimum absolute atomic E-state index is 0.0278. The zero-order valence-corrected chi connectivity index (χ0v) is 9.15. The second-order valence-corrected chi connectivity index (χ2v) is 3.94. The minimum atomic E-state index is -2.12. The van der Waals surface area contributed by atoms with Crippen molar-refractivity contribution >= 4 is 0 Å². The van der Waals surface area contributed by atoms with Gasteiger partial charge in [-0.1, -0.05) is 27.7 Å². The Hall–Kier alpha value is -0.210. The Bertz CT molecular complexity index is 86.3. The molecule has 0 fully saturated rings. The van der Waals surface area contributed by atoms with Gasteiger partial charge in [0.05, 0.1) is 6.17 Å². The normalized spacial score (nSPS) is 13.2. The first-order valence-corrected chi connectivity index (χ1v) is 4.69. The fourth-order valence-corrected chi connectivity index (χ4v) is 0.356. The van der Waals surface area contributed by atoms with Crippen LogP contribution in [0.2, 0.25) is 0 Å². The Morgan fingerprint density at radius 1 is 0.846 bits per heavy atom. The third-order valence-electron chi connectivity index (χ3n) is 1.57. The first kappa shape index (κ1) is 15.3. The predicted octanol–water partition coefficient (Wildman–Crippen LogP) is 4.30. The molecule has 0 nitrogen and oxygen atoms in total. The Morgan fingerprint density at radius 2 is 1.15 bits per heavy atom. The maximum Gasteiger partial charge on any atom is 0.238 e. The van der Waals surface area contributed by atoms with Crippen molar-refractivity contribution in [1.82, 2.24) is 0 Å². The first-order valence-electron chi connectivity index (χ1n) is 4.69. The molecule has 0 aromatic rings. The van der Waals surface area contributed by atoms with E-state index in [-0.39, 0.29) is 18.3 Å². The van der Waals surface area contributed by atoms with Crippen LogP contribution in [-0.2, 0) is 0 Å². The third kappa shape index (κ3) is 18.6. The predicted molar refractivity (Wildman–Crippen MR) is 50.9 cm³/mol. The summed E-state index contributed by atoms with van der Waals surface area (Å²) in [4.78, 5) is 0. The highest BCUT2D eigenvalue weighted by Crippen LogP contribution is 2.07. The van der Waals surface area contributed by atoms with Gasteiger partial charge in [-0.15, -0.1) is 0 Å². The molecule has 1 unspecified atom stereocenters. The quantitative estimate of drug-likeness (QED) is 0.634. The second kappa shape index (κ2) is 8.39. The average molecular weight is 198 g/mol. The van der Waals surface area contributed by atoms with Crippen LogP contribution >= 0.6 is 0 Å². The summed E-state index contributed by atoms with van der Waals surface area (Å²) in [6.45, 7) is 8.87. The molecular formula is C10H21F3. The van der Waals surface area contributed by atoms with Crippen molar-refractivity contribution in [2.24, 2.45) is 11.8 Å². The van der Waals surface area contributed by atoms with Crippen LogP contribution in [0.15, 0.2) is 0 Å². The maximum atomic E-state index is 11.8. The Balaban J connectivity index is 0. The van der Waals surface area contributed by atoms with Gasteiger partial charge >= 0.3 is 0 Å². The van der Waals surface area contributed by atoms with E-state index in [1.807, 2.05) is 13.8 Å². The fourth-order valence-electron chi connectivity index (χ4n) is 0.356. The van der Waals surface area contributed by atoms with Crippen LogP contribution in [0.1, 0.15) is 41.0 Å². The zero-order valence-electron chi connectivity index (χ0n) is 9.15. The van der Waals surface area contributed by atoms with E-state index in [0.29, 0.717) is 0 Å². The molecule has 0 aromatic carbocycles. The van der Waals surface area contributed by atoms with Crippen LogP contribution in [0.3, 0.4) is 0 Å². The van der Waals surface area contributed by atoms with Gasteiger partial charge in [-0.05, 0) is 18.8 Å². The molecule has 82 valence electrons. The largest absolute Gasteiger partial charge is 0.248 e. The van der Waals surface area contributed by atoms with E-state index in [2.05, 4.69) is 0 Å². The summed E-state index contributed by atoms with van der Waals surface area (Å²) in [5.41, 5.74) is 0. The number of hydrogen-bond donors (Lipinski definition) is 0. The molecular weight excluding hydrogens is 177 g/mol. The monoisotopic (exact) mass is 198 g/mol. The molecule has 1 atom stereocenters. The highest BCUT2D eigenvalue weighted by atomic mass is 19.3. The number of alkyl halides is 3. The van der Waals surface area contributed by atoms with E-state index in [4.69, 9.17) is 0 Å². The second-order valence-electron chi connectivity index (χ2n) is 3.94. The molecule has 0 aliphatic rings. The molecule has 0 saturated carbocycles. The van der Waals surface area contributed by atoms with Gasteiger partial charge in [-0.25, -0.2) is 13.2 Å². The topological polar surface area (TPSA) is 0 Å². The summed E-state index contributed by atoms with van der Waals surface area (Å²) in [5, 5.41) is 0. The molecule has 0 aromatic heterocycles. The van der Waals surface area contributed by atoms with Gasteiger partial charge in [0.15, 0.2) is 0 Å². The summed E-state index contributed by atoms with van der Waals surface area (Å²) in [6.07, 6.45) is -2.75. The van der Waals surface area contributed by atoms with Crippen LogP contribution in [0.5, 0.6) is 0 Å². The van der Waals surface area contributed by atoms with E-state index in [1.165, 1.54) is 0 Å². The zero-order chi connectivity index (χ0) is 11.0. The smallest absolute Gasteiger partial charge is 0.238 e. The molecule has 0 bridgehead atoms. The summed E-state index contributed by atoms with van der Waals surface area (Å²) < 4.78 is 34.4. The lowest BCUT2D eigenvalue weighted by Gasteiger charge is -2.01. The lowest BCUT2D eigenvalue weighted by molar-refractivity contribution is 0.121. The van der Waals surface area contributed by atoms with Crippen molar-refractivity contribution in [3.05, 3.63) is 0 Å². The fraction of sp³-hybridized carbons (Fsp3) is 1.00. The summed E-state index contributed by atoms with van der Waals surface area (Å²) in [7, 11) is 0. The van der Waals surface area contributed by atoms with Crippen molar-refractivity contribution in [1.29, 1.82) is 0 Å². The number of rotatable bonds is 3. The van der Waals surface area contributed by atoms with Gasteiger partial charge < -0.3 is 0 Å².